The third kappa shape index (κ3) is 3.95. The second kappa shape index (κ2) is 7.79. The number of nitro benzene ring substituents is 1. The molecule has 3 rings (SSSR count). The lowest BCUT2D eigenvalue weighted by atomic mass is 10.1. The quantitative estimate of drug-likeness (QED) is 0.272. The number of esters is 1. The van der Waals surface area contributed by atoms with Gasteiger partial charge in [-0.05, 0) is 37.5 Å². The van der Waals surface area contributed by atoms with Crippen molar-refractivity contribution in [2.24, 2.45) is 0 Å². The summed E-state index contributed by atoms with van der Waals surface area (Å²) in [6.07, 6.45) is 1.88. The number of hydrogen-bond donors (Lipinski definition) is 0. The summed E-state index contributed by atoms with van der Waals surface area (Å²) in [5.41, 5.74) is 4.16. The Balaban J connectivity index is 1.95. The van der Waals surface area contributed by atoms with Crippen LogP contribution in [0.3, 0.4) is 0 Å². The Morgan fingerprint density at radius 2 is 2.00 bits per heavy atom. The average molecular weight is 385 g/mol. The standard InChI is InChI=1S/C19H19N3O4S/c1-4-26-19(23)16-17-13(3)9-12(2)10-21(17)20-18(16)27-11-14-5-7-15(8-6-14)22(24)25/h5-10H,4,11H2,1-3H3. The predicted molar refractivity (Wildman–Crippen MR) is 103 cm³/mol. The number of nitro groups is 1. The van der Waals surface area contributed by atoms with E-state index in [0.29, 0.717) is 16.3 Å². The maximum absolute atomic E-state index is 12.5. The van der Waals surface area contributed by atoms with E-state index >= 15 is 0 Å². The summed E-state index contributed by atoms with van der Waals surface area (Å²) < 4.78 is 6.95. The van der Waals surface area contributed by atoms with Crippen molar-refractivity contribution in [1.82, 2.24) is 9.61 Å². The van der Waals surface area contributed by atoms with E-state index in [1.165, 1.54) is 23.9 Å². The Labute approximate surface area is 160 Å². The van der Waals surface area contributed by atoms with Gasteiger partial charge in [-0.3, -0.25) is 10.1 Å². The van der Waals surface area contributed by atoms with E-state index in [1.807, 2.05) is 26.1 Å². The van der Waals surface area contributed by atoms with Gasteiger partial charge in [-0.2, -0.15) is 5.10 Å². The summed E-state index contributed by atoms with van der Waals surface area (Å²) in [5.74, 6) is 0.136. The van der Waals surface area contributed by atoms with Crippen LogP contribution < -0.4 is 0 Å². The van der Waals surface area contributed by atoms with Crippen LogP contribution in [0.25, 0.3) is 5.52 Å². The highest BCUT2D eigenvalue weighted by Crippen LogP contribution is 2.31. The molecule has 2 aromatic heterocycles. The fourth-order valence-electron chi connectivity index (χ4n) is 2.88. The van der Waals surface area contributed by atoms with Gasteiger partial charge in [-0.15, -0.1) is 0 Å². The van der Waals surface area contributed by atoms with E-state index in [9.17, 15) is 14.9 Å². The van der Waals surface area contributed by atoms with Crippen LogP contribution in [0.5, 0.6) is 0 Å². The Morgan fingerprint density at radius 3 is 2.63 bits per heavy atom. The van der Waals surface area contributed by atoms with Crippen molar-refractivity contribution >= 4 is 28.9 Å². The van der Waals surface area contributed by atoms with Crippen LogP contribution in [0, 0.1) is 24.0 Å². The molecule has 8 heteroatoms. The van der Waals surface area contributed by atoms with E-state index in [0.717, 1.165) is 22.2 Å². The molecule has 0 spiro atoms. The summed E-state index contributed by atoms with van der Waals surface area (Å²) >= 11 is 1.41. The van der Waals surface area contributed by atoms with Crippen LogP contribution in [0.15, 0.2) is 41.6 Å². The van der Waals surface area contributed by atoms with E-state index in [4.69, 9.17) is 4.74 Å². The van der Waals surface area contributed by atoms with Crippen LogP contribution in [0.1, 0.15) is 34.0 Å². The van der Waals surface area contributed by atoms with E-state index in [2.05, 4.69) is 5.10 Å². The molecule has 0 aliphatic carbocycles. The minimum absolute atomic E-state index is 0.0507. The maximum atomic E-state index is 12.5. The molecule has 3 aromatic rings. The summed E-state index contributed by atoms with van der Waals surface area (Å²) in [5, 5.41) is 15.9. The number of hydrogen-bond acceptors (Lipinski definition) is 6. The van der Waals surface area contributed by atoms with E-state index in [1.54, 1.807) is 23.6 Å². The van der Waals surface area contributed by atoms with Gasteiger partial charge in [0.15, 0.2) is 0 Å². The number of carbonyl (C=O) groups is 1. The number of ether oxygens (including phenoxy) is 1. The van der Waals surface area contributed by atoms with Gasteiger partial charge in [0.1, 0.15) is 10.6 Å². The zero-order chi connectivity index (χ0) is 19.6. The molecule has 2 heterocycles. The number of nitrogens with zero attached hydrogens (tertiary/aromatic N) is 3. The molecule has 0 radical (unpaired) electrons. The second-order valence-corrected chi connectivity index (χ2v) is 7.07. The zero-order valence-corrected chi connectivity index (χ0v) is 16.1. The van der Waals surface area contributed by atoms with Crippen LogP contribution in [0.4, 0.5) is 5.69 Å². The van der Waals surface area contributed by atoms with Crippen LogP contribution in [-0.4, -0.2) is 27.1 Å². The molecule has 0 N–H and O–H groups in total. The average Bonchev–Trinajstić information content (AvgIpc) is 2.99. The molecule has 1 aromatic carbocycles. The Bertz CT molecular complexity index is 1010. The lowest BCUT2D eigenvalue weighted by Gasteiger charge is -2.05. The third-order valence-corrected chi connectivity index (χ3v) is 5.06. The second-order valence-electron chi connectivity index (χ2n) is 6.11. The lowest BCUT2D eigenvalue weighted by molar-refractivity contribution is -0.384. The monoisotopic (exact) mass is 385 g/mol. The van der Waals surface area contributed by atoms with Crippen molar-refractivity contribution < 1.29 is 14.5 Å². The van der Waals surface area contributed by atoms with E-state index < -0.39 is 10.9 Å². The van der Waals surface area contributed by atoms with Crippen molar-refractivity contribution in [2.75, 3.05) is 6.61 Å². The minimum Gasteiger partial charge on any atom is -0.462 e. The van der Waals surface area contributed by atoms with Crippen molar-refractivity contribution in [3.63, 3.8) is 0 Å². The first kappa shape index (κ1) is 18.9. The SMILES string of the molecule is CCOC(=O)c1c(SCc2ccc([N+](=O)[O-])cc2)nn2cc(C)cc(C)c12. The van der Waals surface area contributed by atoms with Gasteiger partial charge in [0, 0.05) is 24.1 Å². The molecule has 0 amide bonds. The molecule has 0 fully saturated rings. The maximum Gasteiger partial charge on any atom is 0.343 e. The molecule has 0 atom stereocenters. The summed E-state index contributed by atoms with van der Waals surface area (Å²) in [7, 11) is 0. The van der Waals surface area contributed by atoms with Crippen LogP contribution in [-0.2, 0) is 10.5 Å². The van der Waals surface area contributed by atoms with E-state index in [-0.39, 0.29) is 12.3 Å². The number of pyridine rings is 1. The van der Waals surface area contributed by atoms with Crippen LogP contribution >= 0.6 is 11.8 Å². The molecular weight excluding hydrogens is 366 g/mol. The molecule has 140 valence electrons. The molecule has 7 nitrogen and oxygen atoms in total. The number of carbonyl (C=O) groups excluding carboxylic acids is 1. The van der Waals surface area contributed by atoms with Gasteiger partial charge in [0.25, 0.3) is 5.69 Å². The fraction of sp³-hybridized carbons (Fsp3) is 0.263. The van der Waals surface area contributed by atoms with Crippen molar-refractivity contribution in [3.8, 4) is 0 Å². The highest BCUT2D eigenvalue weighted by molar-refractivity contribution is 7.98. The first-order chi connectivity index (χ1) is 12.9. The summed E-state index contributed by atoms with van der Waals surface area (Å²) in [6, 6.07) is 8.36. The number of aryl methyl sites for hydroxylation is 2. The summed E-state index contributed by atoms with van der Waals surface area (Å²) in [4.78, 5) is 22.9. The normalized spacial score (nSPS) is 10.9. The first-order valence-electron chi connectivity index (χ1n) is 8.43. The lowest BCUT2D eigenvalue weighted by Crippen LogP contribution is -2.06. The van der Waals surface area contributed by atoms with Gasteiger partial charge in [-0.1, -0.05) is 30.0 Å². The zero-order valence-electron chi connectivity index (χ0n) is 15.3. The molecule has 0 unspecified atom stereocenters. The number of fused-ring (bicyclic) bond motifs is 1. The van der Waals surface area contributed by atoms with Crippen LogP contribution in [0.2, 0.25) is 0 Å². The molecule has 0 saturated heterocycles. The molecule has 0 saturated carbocycles. The predicted octanol–water partition coefficient (Wildman–Crippen LogP) is 4.33. The molecule has 0 aliphatic heterocycles. The summed E-state index contributed by atoms with van der Waals surface area (Å²) in [6.45, 7) is 5.97. The Hall–Kier alpha value is -2.87. The minimum atomic E-state index is -0.428. The highest BCUT2D eigenvalue weighted by Gasteiger charge is 2.23. The van der Waals surface area contributed by atoms with Gasteiger partial charge in [0.05, 0.1) is 17.0 Å². The van der Waals surface area contributed by atoms with Gasteiger partial charge < -0.3 is 4.74 Å². The van der Waals surface area contributed by atoms with Gasteiger partial charge in [0.2, 0.25) is 0 Å². The molecule has 0 aliphatic rings. The van der Waals surface area contributed by atoms with Crippen molar-refractivity contribution in [2.45, 2.75) is 31.6 Å². The fourth-order valence-corrected chi connectivity index (χ4v) is 3.84. The smallest absolute Gasteiger partial charge is 0.343 e. The number of thioether (sulfide) groups is 1. The Kier molecular flexibility index (Phi) is 5.46. The van der Waals surface area contributed by atoms with Crippen molar-refractivity contribution in [3.05, 3.63) is 68.9 Å². The third-order valence-electron chi connectivity index (χ3n) is 4.02. The number of non-ortho nitro benzene ring substituents is 1. The molecular formula is C19H19N3O4S. The van der Waals surface area contributed by atoms with Gasteiger partial charge >= 0.3 is 5.97 Å². The van der Waals surface area contributed by atoms with Gasteiger partial charge in [-0.25, -0.2) is 9.31 Å². The largest absolute Gasteiger partial charge is 0.462 e. The highest BCUT2D eigenvalue weighted by atomic mass is 32.2. The Morgan fingerprint density at radius 1 is 1.30 bits per heavy atom. The number of aromatic nitrogens is 2. The molecule has 0 bridgehead atoms. The van der Waals surface area contributed by atoms with Crippen molar-refractivity contribution in [1.29, 1.82) is 0 Å². The molecule has 27 heavy (non-hydrogen) atoms. The first-order valence-corrected chi connectivity index (χ1v) is 9.42. The number of rotatable bonds is 6. The number of benzene rings is 1. The topological polar surface area (TPSA) is 86.7 Å².